The van der Waals surface area contributed by atoms with Gasteiger partial charge in [0.2, 0.25) is 0 Å². The van der Waals surface area contributed by atoms with Crippen LogP contribution in [0.1, 0.15) is 46.4 Å². The van der Waals surface area contributed by atoms with Crippen LogP contribution in [0.15, 0.2) is 42.5 Å². The van der Waals surface area contributed by atoms with E-state index in [1.54, 1.807) is 12.1 Å². The van der Waals surface area contributed by atoms with Crippen molar-refractivity contribution in [3.05, 3.63) is 58.6 Å². The molecule has 0 spiro atoms. The number of hydrogen-bond donors (Lipinski definition) is 2. The molecule has 7 nitrogen and oxygen atoms in total. The number of benzene rings is 3. The van der Waals surface area contributed by atoms with E-state index in [1.807, 2.05) is 41.9 Å². The topological polar surface area (TPSA) is 83.8 Å². The summed E-state index contributed by atoms with van der Waals surface area (Å²) in [4.78, 5) is 28.4. The first kappa shape index (κ1) is 23.8. The summed E-state index contributed by atoms with van der Waals surface area (Å²) >= 11 is 6.49. The lowest BCUT2D eigenvalue weighted by Gasteiger charge is -2.26. The number of ether oxygens (including phenoxy) is 1. The van der Waals surface area contributed by atoms with Crippen molar-refractivity contribution in [2.24, 2.45) is 7.05 Å². The van der Waals surface area contributed by atoms with Gasteiger partial charge in [-0.3, -0.25) is 14.9 Å². The van der Waals surface area contributed by atoms with E-state index in [4.69, 9.17) is 16.3 Å². The average Bonchev–Trinajstić information content (AvgIpc) is 3.34. The second-order valence-corrected chi connectivity index (χ2v) is 10.2. The summed E-state index contributed by atoms with van der Waals surface area (Å²) in [6.07, 6.45) is 4.70. The Hall–Kier alpha value is -3.55. The van der Waals surface area contributed by atoms with Crippen molar-refractivity contribution in [3.8, 4) is 22.6 Å². The Bertz CT molecular complexity index is 1570. The molecule has 190 valence electrons. The zero-order valence-electron chi connectivity index (χ0n) is 20.6. The number of aromatic nitrogens is 1. The number of carbonyl (C=O) groups excluding carboxylic acids is 2. The number of phenols is 1. The molecule has 0 saturated carbocycles. The molecule has 4 aromatic rings. The lowest BCUT2D eigenvalue weighted by molar-refractivity contribution is 0.0880. The number of phenolic OH excluding ortho intramolecular Hbond substituents is 1. The van der Waals surface area contributed by atoms with Crippen LogP contribution in [0.3, 0.4) is 0 Å². The molecule has 2 amide bonds. The molecule has 0 bridgehead atoms. The van der Waals surface area contributed by atoms with Gasteiger partial charge < -0.3 is 19.3 Å². The number of nitrogens with one attached hydrogen (secondary N) is 1. The Morgan fingerprint density at radius 1 is 0.973 bits per heavy atom. The van der Waals surface area contributed by atoms with E-state index in [0.29, 0.717) is 50.4 Å². The van der Waals surface area contributed by atoms with Crippen molar-refractivity contribution in [2.75, 3.05) is 26.2 Å². The molecule has 0 aliphatic carbocycles. The lowest BCUT2D eigenvalue weighted by atomic mass is 9.93. The number of rotatable bonds is 6. The third-order valence-electron chi connectivity index (χ3n) is 7.55. The Morgan fingerprint density at radius 3 is 2.51 bits per heavy atom. The Balaban J connectivity index is 1.42. The summed E-state index contributed by atoms with van der Waals surface area (Å²) in [6.45, 7) is 3.77. The highest BCUT2D eigenvalue weighted by Crippen LogP contribution is 2.44. The number of likely N-dealkylation sites (tertiary alicyclic amines) is 1. The maximum absolute atomic E-state index is 13.0. The van der Waals surface area contributed by atoms with Crippen LogP contribution in [0.4, 0.5) is 0 Å². The molecule has 0 radical (unpaired) electrons. The first-order valence-corrected chi connectivity index (χ1v) is 13.1. The summed E-state index contributed by atoms with van der Waals surface area (Å²) in [6, 6.07) is 12.6. The molecular weight excluding hydrogens is 490 g/mol. The van der Waals surface area contributed by atoms with Gasteiger partial charge in [-0.2, -0.15) is 0 Å². The summed E-state index contributed by atoms with van der Waals surface area (Å²) in [5, 5.41) is 15.1. The maximum Gasteiger partial charge on any atom is 0.259 e. The molecule has 0 atom stereocenters. The fourth-order valence-electron chi connectivity index (χ4n) is 5.72. The molecule has 1 aromatic heterocycles. The van der Waals surface area contributed by atoms with Crippen LogP contribution < -0.4 is 10.1 Å². The smallest absolute Gasteiger partial charge is 0.259 e. The van der Waals surface area contributed by atoms with Gasteiger partial charge in [0, 0.05) is 41.0 Å². The number of aryl methyl sites for hydroxylation is 1. The first-order valence-electron chi connectivity index (χ1n) is 12.7. The number of nitrogens with zero attached hydrogens (tertiary/aromatic N) is 2. The Morgan fingerprint density at radius 2 is 1.73 bits per heavy atom. The molecule has 0 unspecified atom stereocenters. The van der Waals surface area contributed by atoms with E-state index in [0.717, 1.165) is 37.1 Å². The van der Waals surface area contributed by atoms with Crippen LogP contribution in [0.25, 0.3) is 32.9 Å². The molecule has 2 N–H and O–H groups in total. The quantitative estimate of drug-likeness (QED) is 0.261. The normalized spacial score (nSPS) is 15.9. The van der Waals surface area contributed by atoms with Gasteiger partial charge in [-0.05, 0) is 56.1 Å². The summed E-state index contributed by atoms with van der Waals surface area (Å²) in [5.74, 6) is -0.497. The predicted octanol–water partition coefficient (Wildman–Crippen LogP) is 5.50. The molecule has 1 fully saturated rings. The third-order valence-corrected chi connectivity index (χ3v) is 7.88. The van der Waals surface area contributed by atoms with Crippen molar-refractivity contribution in [1.82, 2.24) is 14.8 Å². The van der Waals surface area contributed by atoms with Crippen LogP contribution >= 0.6 is 11.6 Å². The summed E-state index contributed by atoms with van der Waals surface area (Å²) < 4.78 is 7.95. The number of piperidine rings is 1. The zero-order chi connectivity index (χ0) is 25.7. The molecule has 37 heavy (non-hydrogen) atoms. The number of halogens is 1. The van der Waals surface area contributed by atoms with E-state index in [2.05, 4.69) is 10.2 Å². The van der Waals surface area contributed by atoms with Gasteiger partial charge in [0.15, 0.2) is 11.5 Å². The standard InChI is InChI=1S/C29H28ClN3O4/c1-32-21-16-24(37-13-7-12-33-10-5-2-6-11-33)23(34)15-19(21)25-22(32)14-18(17-8-3-4-9-20(17)30)26-27(25)29(36)31-28(26)35/h3-4,8-9,14-16,34H,2,5-7,10-13H2,1H3,(H,31,35,36). The van der Waals surface area contributed by atoms with Gasteiger partial charge in [-0.15, -0.1) is 0 Å². The van der Waals surface area contributed by atoms with Gasteiger partial charge in [0.05, 0.1) is 28.8 Å². The predicted molar refractivity (Wildman–Crippen MR) is 145 cm³/mol. The van der Waals surface area contributed by atoms with Crippen molar-refractivity contribution in [2.45, 2.75) is 25.7 Å². The highest BCUT2D eigenvalue weighted by molar-refractivity contribution is 6.36. The number of fused-ring (bicyclic) bond motifs is 5. The van der Waals surface area contributed by atoms with Gasteiger partial charge in [-0.25, -0.2) is 0 Å². The van der Waals surface area contributed by atoms with E-state index in [-0.39, 0.29) is 5.75 Å². The van der Waals surface area contributed by atoms with Crippen molar-refractivity contribution >= 4 is 45.2 Å². The monoisotopic (exact) mass is 517 g/mol. The molecule has 3 aromatic carbocycles. The van der Waals surface area contributed by atoms with Crippen LogP contribution in [0.2, 0.25) is 5.02 Å². The highest BCUT2D eigenvalue weighted by Gasteiger charge is 2.34. The van der Waals surface area contributed by atoms with E-state index in [1.165, 1.54) is 19.3 Å². The molecule has 2 aliphatic rings. The first-order chi connectivity index (χ1) is 17.9. The minimum absolute atomic E-state index is 0.00614. The summed E-state index contributed by atoms with van der Waals surface area (Å²) in [7, 11) is 1.90. The molecule has 2 aliphatic heterocycles. The molecule has 3 heterocycles. The van der Waals surface area contributed by atoms with Gasteiger partial charge in [0.25, 0.3) is 11.8 Å². The van der Waals surface area contributed by atoms with E-state index >= 15 is 0 Å². The van der Waals surface area contributed by atoms with Crippen LogP contribution in [0.5, 0.6) is 11.5 Å². The molecule has 8 heteroatoms. The van der Waals surface area contributed by atoms with Crippen LogP contribution in [-0.4, -0.2) is 52.6 Å². The number of amides is 2. The van der Waals surface area contributed by atoms with Crippen molar-refractivity contribution in [3.63, 3.8) is 0 Å². The third kappa shape index (κ3) is 4.03. The SMILES string of the molecule is Cn1c2cc(OCCCN3CCCCC3)c(O)cc2c2c3c(c(-c4ccccc4Cl)cc21)C(=O)NC3=O. The van der Waals surface area contributed by atoms with E-state index in [9.17, 15) is 14.7 Å². The number of aromatic hydroxyl groups is 1. The van der Waals surface area contributed by atoms with Gasteiger partial charge in [0.1, 0.15) is 0 Å². The van der Waals surface area contributed by atoms with Crippen molar-refractivity contribution < 1.29 is 19.4 Å². The molecule has 6 rings (SSSR count). The second-order valence-electron chi connectivity index (χ2n) is 9.83. The van der Waals surface area contributed by atoms with Crippen molar-refractivity contribution in [1.29, 1.82) is 0 Å². The van der Waals surface area contributed by atoms with Gasteiger partial charge >= 0.3 is 0 Å². The minimum atomic E-state index is -0.455. The lowest BCUT2D eigenvalue weighted by Crippen LogP contribution is -2.31. The number of carbonyl (C=O) groups is 2. The van der Waals surface area contributed by atoms with Crippen LogP contribution in [-0.2, 0) is 7.05 Å². The molecular formula is C29H28ClN3O4. The Labute approximate surface area is 219 Å². The van der Waals surface area contributed by atoms with E-state index < -0.39 is 11.8 Å². The van der Waals surface area contributed by atoms with Gasteiger partial charge in [-0.1, -0.05) is 36.2 Å². The number of hydrogen-bond acceptors (Lipinski definition) is 5. The Kier molecular flexibility index (Phi) is 6.05. The largest absolute Gasteiger partial charge is 0.504 e. The zero-order valence-corrected chi connectivity index (χ0v) is 21.4. The fraction of sp³-hybridized carbons (Fsp3) is 0.310. The number of imide groups is 1. The second kappa shape index (κ2) is 9.39. The summed E-state index contributed by atoms with van der Waals surface area (Å²) in [5.41, 5.74) is 3.44. The van der Waals surface area contributed by atoms with Crippen LogP contribution in [0, 0.1) is 0 Å². The average molecular weight is 518 g/mol. The fourth-order valence-corrected chi connectivity index (χ4v) is 5.96. The maximum atomic E-state index is 13.0. The highest BCUT2D eigenvalue weighted by atomic mass is 35.5. The molecule has 1 saturated heterocycles. The minimum Gasteiger partial charge on any atom is -0.504 e.